The standard InChI is InChI=1S/C31H34Cl2N2O2S/c1-22-10-5-6-13-24(22)20-38-21-30(36)35(19-26-27(32)16-9-17-28(26)33)29(18-23-11-3-2-4-12-23)31(37)34-25-14-7-8-15-25/h2-6,9-13,16-17,25,29H,7-8,14-15,18-21H2,1H3,(H,34,37)/t29-/m0/s1. The Kier molecular flexibility index (Phi) is 10.6. The zero-order chi connectivity index (χ0) is 26.9. The normalized spacial score (nSPS) is 14.3. The second-order valence-electron chi connectivity index (χ2n) is 9.84. The van der Waals surface area contributed by atoms with Crippen LogP contribution >= 0.6 is 35.0 Å². The summed E-state index contributed by atoms with van der Waals surface area (Å²) < 4.78 is 0. The Labute approximate surface area is 240 Å². The molecule has 0 unspecified atom stereocenters. The molecule has 0 aliphatic heterocycles. The van der Waals surface area contributed by atoms with E-state index in [0.29, 0.717) is 22.0 Å². The van der Waals surface area contributed by atoms with Crippen LogP contribution in [0.25, 0.3) is 0 Å². The van der Waals surface area contributed by atoms with Crippen LogP contribution in [0.2, 0.25) is 10.0 Å². The number of carbonyl (C=O) groups excluding carboxylic acids is 2. The van der Waals surface area contributed by atoms with Crippen molar-refractivity contribution >= 4 is 46.8 Å². The smallest absolute Gasteiger partial charge is 0.243 e. The summed E-state index contributed by atoms with van der Waals surface area (Å²) in [6.45, 7) is 2.24. The molecule has 0 aromatic heterocycles. The molecule has 1 atom stereocenters. The molecule has 7 heteroatoms. The van der Waals surface area contributed by atoms with Crippen LogP contribution in [0.15, 0.2) is 72.8 Å². The highest BCUT2D eigenvalue weighted by Crippen LogP contribution is 2.28. The van der Waals surface area contributed by atoms with Crippen LogP contribution < -0.4 is 5.32 Å². The van der Waals surface area contributed by atoms with E-state index in [0.717, 1.165) is 37.0 Å². The van der Waals surface area contributed by atoms with E-state index >= 15 is 0 Å². The summed E-state index contributed by atoms with van der Waals surface area (Å²) in [4.78, 5) is 29.3. The van der Waals surface area contributed by atoms with Crippen molar-refractivity contribution in [1.29, 1.82) is 0 Å². The lowest BCUT2D eigenvalue weighted by atomic mass is 10.0. The van der Waals surface area contributed by atoms with E-state index in [4.69, 9.17) is 23.2 Å². The number of aryl methyl sites for hydroxylation is 1. The summed E-state index contributed by atoms with van der Waals surface area (Å²) in [5.74, 6) is 0.734. The van der Waals surface area contributed by atoms with Gasteiger partial charge in [-0.2, -0.15) is 0 Å². The lowest BCUT2D eigenvalue weighted by Gasteiger charge is -2.33. The van der Waals surface area contributed by atoms with E-state index in [2.05, 4.69) is 24.4 Å². The van der Waals surface area contributed by atoms with Crippen molar-refractivity contribution in [2.45, 2.75) is 63.4 Å². The molecule has 1 saturated carbocycles. The minimum absolute atomic E-state index is 0.109. The highest BCUT2D eigenvalue weighted by atomic mass is 35.5. The monoisotopic (exact) mass is 568 g/mol. The molecule has 38 heavy (non-hydrogen) atoms. The molecular formula is C31H34Cl2N2O2S. The Morgan fingerprint density at radius 1 is 0.947 bits per heavy atom. The summed E-state index contributed by atoms with van der Waals surface area (Å²) in [6.07, 6.45) is 4.58. The molecule has 4 rings (SSSR count). The molecule has 1 fully saturated rings. The predicted octanol–water partition coefficient (Wildman–Crippen LogP) is 7.23. The molecule has 4 nitrogen and oxygen atoms in total. The molecule has 2 amide bonds. The lowest BCUT2D eigenvalue weighted by molar-refractivity contribution is -0.139. The first-order valence-corrected chi connectivity index (χ1v) is 15.0. The third kappa shape index (κ3) is 7.78. The molecule has 0 saturated heterocycles. The van der Waals surface area contributed by atoms with E-state index < -0.39 is 6.04 Å². The molecule has 3 aromatic carbocycles. The van der Waals surface area contributed by atoms with Gasteiger partial charge in [-0.3, -0.25) is 9.59 Å². The minimum Gasteiger partial charge on any atom is -0.352 e. The molecular weight excluding hydrogens is 535 g/mol. The van der Waals surface area contributed by atoms with Gasteiger partial charge in [0.1, 0.15) is 6.04 Å². The van der Waals surface area contributed by atoms with Crippen molar-refractivity contribution in [3.63, 3.8) is 0 Å². The van der Waals surface area contributed by atoms with Gasteiger partial charge in [0, 0.05) is 40.4 Å². The van der Waals surface area contributed by atoms with Crippen molar-refractivity contribution < 1.29 is 9.59 Å². The van der Waals surface area contributed by atoms with Crippen LogP contribution in [-0.2, 0) is 28.3 Å². The first-order valence-electron chi connectivity index (χ1n) is 13.1. The van der Waals surface area contributed by atoms with E-state index in [1.165, 1.54) is 11.1 Å². The fourth-order valence-electron chi connectivity index (χ4n) is 4.88. The van der Waals surface area contributed by atoms with Gasteiger partial charge < -0.3 is 10.2 Å². The molecule has 1 aliphatic carbocycles. The number of thioether (sulfide) groups is 1. The van der Waals surface area contributed by atoms with Gasteiger partial charge in [-0.05, 0) is 48.6 Å². The quantitative estimate of drug-likeness (QED) is 0.265. The minimum atomic E-state index is -0.683. The Morgan fingerprint density at radius 3 is 2.29 bits per heavy atom. The van der Waals surface area contributed by atoms with Gasteiger partial charge >= 0.3 is 0 Å². The van der Waals surface area contributed by atoms with Gasteiger partial charge in [0.15, 0.2) is 0 Å². The molecule has 200 valence electrons. The van der Waals surface area contributed by atoms with Crippen LogP contribution in [0, 0.1) is 6.92 Å². The number of nitrogens with zero attached hydrogens (tertiary/aromatic N) is 1. The summed E-state index contributed by atoms with van der Waals surface area (Å²) in [6, 6.07) is 22.8. The number of rotatable bonds is 11. The highest BCUT2D eigenvalue weighted by molar-refractivity contribution is 7.99. The van der Waals surface area contributed by atoms with Gasteiger partial charge in [-0.15, -0.1) is 11.8 Å². The molecule has 1 aliphatic rings. The van der Waals surface area contributed by atoms with Crippen LogP contribution in [0.3, 0.4) is 0 Å². The molecule has 1 N–H and O–H groups in total. The van der Waals surface area contributed by atoms with Gasteiger partial charge in [-0.1, -0.05) is 96.7 Å². The van der Waals surface area contributed by atoms with Crippen LogP contribution in [0.1, 0.15) is 47.9 Å². The number of nitrogens with one attached hydrogen (secondary N) is 1. The lowest BCUT2D eigenvalue weighted by Crippen LogP contribution is -2.52. The summed E-state index contributed by atoms with van der Waals surface area (Å²) in [7, 11) is 0. The van der Waals surface area contributed by atoms with Crippen molar-refractivity contribution in [3.8, 4) is 0 Å². The third-order valence-corrected chi connectivity index (χ3v) is 8.78. The first-order chi connectivity index (χ1) is 18.4. The Morgan fingerprint density at radius 2 is 1.61 bits per heavy atom. The van der Waals surface area contributed by atoms with Gasteiger partial charge in [0.2, 0.25) is 11.8 Å². The van der Waals surface area contributed by atoms with Gasteiger partial charge in [0.25, 0.3) is 0 Å². The van der Waals surface area contributed by atoms with E-state index in [1.807, 2.05) is 42.5 Å². The number of hydrogen-bond donors (Lipinski definition) is 1. The fraction of sp³-hybridized carbons (Fsp3) is 0.355. The topological polar surface area (TPSA) is 49.4 Å². The Balaban J connectivity index is 1.61. The maximum atomic E-state index is 13.9. The summed E-state index contributed by atoms with van der Waals surface area (Å²) >= 11 is 14.6. The highest BCUT2D eigenvalue weighted by Gasteiger charge is 2.32. The zero-order valence-corrected chi connectivity index (χ0v) is 24.0. The molecule has 0 spiro atoms. The van der Waals surface area contributed by atoms with Crippen molar-refractivity contribution in [1.82, 2.24) is 10.2 Å². The molecule has 0 radical (unpaired) electrons. The van der Waals surface area contributed by atoms with E-state index in [-0.39, 0.29) is 30.2 Å². The SMILES string of the molecule is Cc1ccccc1CSCC(=O)N(Cc1c(Cl)cccc1Cl)[C@@H](Cc1ccccc1)C(=O)NC1CCCC1. The second kappa shape index (κ2) is 14.1. The Hall–Kier alpha value is -2.47. The van der Waals surface area contributed by atoms with E-state index in [1.54, 1.807) is 34.9 Å². The maximum absolute atomic E-state index is 13.9. The fourth-order valence-corrected chi connectivity index (χ4v) is 6.38. The average molecular weight is 570 g/mol. The first kappa shape index (κ1) is 28.5. The summed E-state index contributed by atoms with van der Waals surface area (Å²) in [5, 5.41) is 4.20. The molecule has 0 bridgehead atoms. The summed E-state index contributed by atoms with van der Waals surface area (Å²) in [5.41, 5.74) is 4.05. The molecule has 0 heterocycles. The van der Waals surface area contributed by atoms with Crippen molar-refractivity contribution in [3.05, 3.63) is 105 Å². The maximum Gasteiger partial charge on any atom is 0.243 e. The second-order valence-corrected chi connectivity index (χ2v) is 11.6. The number of hydrogen-bond acceptors (Lipinski definition) is 3. The third-order valence-electron chi connectivity index (χ3n) is 7.11. The number of halogens is 2. The predicted molar refractivity (Wildman–Crippen MR) is 159 cm³/mol. The van der Waals surface area contributed by atoms with Crippen LogP contribution in [0.4, 0.5) is 0 Å². The number of amides is 2. The van der Waals surface area contributed by atoms with Gasteiger partial charge in [0.05, 0.1) is 5.75 Å². The zero-order valence-electron chi connectivity index (χ0n) is 21.7. The van der Waals surface area contributed by atoms with Gasteiger partial charge in [-0.25, -0.2) is 0 Å². The largest absolute Gasteiger partial charge is 0.352 e. The van der Waals surface area contributed by atoms with E-state index in [9.17, 15) is 9.59 Å². The molecule has 3 aromatic rings. The van der Waals surface area contributed by atoms with Crippen molar-refractivity contribution in [2.24, 2.45) is 0 Å². The Bertz CT molecular complexity index is 1210. The number of benzene rings is 3. The number of carbonyl (C=O) groups is 2. The average Bonchev–Trinajstić information content (AvgIpc) is 3.42. The van der Waals surface area contributed by atoms with Crippen LogP contribution in [0.5, 0.6) is 0 Å². The van der Waals surface area contributed by atoms with Crippen molar-refractivity contribution in [2.75, 3.05) is 5.75 Å². The van der Waals surface area contributed by atoms with Crippen LogP contribution in [-0.4, -0.2) is 34.6 Å².